The van der Waals surface area contributed by atoms with Gasteiger partial charge in [0.25, 0.3) is 0 Å². The maximum atomic E-state index is 11.6. The van der Waals surface area contributed by atoms with Gasteiger partial charge in [-0.15, -0.1) is 0 Å². The predicted octanol–water partition coefficient (Wildman–Crippen LogP) is -0.363. The third-order valence-corrected chi connectivity index (χ3v) is 1.28. The Balaban J connectivity index is 3.38. The van der Waals surface area contributed by atoms with Crippen molar-refractivity contribution in [1.29, 1.82) is 0 Å². The first-order valence-corrected chi connectivity index (χ1v) is 4.11. The Morgan fingerprint density at radius 1 is 1.36 bits per heavy atom. The van der Waals surface area contributed by atoms with Gasteiger partial charge in [0.2, 0.25) is 5.91 Å². The Labute approximate surface area is 79.5 Å². The molecule has 1 amide bonds. The fourth-order valence-electron chi connectivity index (χ4n) is 0.667. The van der Waals surface area contributed by atoms with Gasteiger partial charge >= 0.3 is 6.18 Å². The third kappa shape index (κ3) is 9.27. The van der Waals surface area contributed by atoms with Crippen molar-refractivity contribution in [3.05, 3.63) is 0 Å². The van der Waals surface area contributed by atoms with Crippen LogP contribution in [0.2, 0.25) is 0 Å². The molecule has 0 saturated heterocycles. The third-order valence-electron chi connectivity index (χ3n) is 1.28. The minimum atomic E-state index is -4.37. The number of carbonyl (C=O) groups excluding carboxylic acids is 1. The van der Waals surface area contributed by atoms with Gasteiger partial charge in [-0.2, -0.15) is 13.2 Å². The van der Waals surface area contributed by atoms with E-state index in [0.29, 0.717) is 13.0 Å². The number of hydrogen-bond acceptors (Lipinski definition) is 3. The fourth-order valence-corrected chi connectivity index (χ4v) is 0.667. The molecule has 0 spiro atoms. The van der Waals surface area contributed by atoms with Crippen molar-refractivity contribution in [2.75, 3.05) is 26.2 Å². The second-order valence-corrected chi connectivity index (χ2v) is 2.65. The average molecular weight is 214 g/mol. The summed E-state index contributed by atoms with van der Waals surface area (Å²) in [6.07, 6.45) is -3.91. The number of halogens is 3. The standard InChI is InChI=1S/C7H13F3N2O2/c8-7(9,10)5-12-6(14)4-11-2-1-3-13/h11,13H,1-5H2,(H,12,14). The van der Waals surface area contributed by atoms with E-state index in [1.807, 2.05) is 0 Å². The Bertz CT molecular complexity index is 173. The Kier molecular flexibility index (Phi) is 6.22. The molecule has 14 heavy (non-hydrogen) atoms. The number of hydrogen-bond donors (Lipinski definition) is 3. The molecule has 0 bridgehead atoms. The first-order chi connectivity index (χ1) is 6.45. The lowest BCUT2D eigenvalue weighted by molar-refractivity contribution is -0.137. The van der Waals surface area contributed by atoms with Crippen molar-refractivity contribution in [3.63, 3.8) is 0 Å². The van der Waals surface area contributed by atoms with Crippen LogP contribution in [0.1, 0.15) is 6.42 Å². The summed E-state index contributed by atoms with van der Waals surface area (Å²) >= 11 is 0. The molecule has 4 nitrogen and oxygen atoms in total. The number of amides is 1. The van der Waals surface area contributed by atoms with Crippen LogP contribution in [0.25, 0.3) is 0 Å². The summed E-state index contributed by atoms with van der Waals surface area (Å²) < 4.78 is 34.8. The fraction of sp³-hybridized carbons (Fsp3) is 0.857. The average Bonchev–Trinajstić information content (AvgIpc) is 2.08. The van der Waals surface area contributed by atoms with E-state index in [9.17, 15) is 18.0 Å². The lowest BCUT2D eigenvalue weighted by atomic mass is 10.4. The van der Waals surface area contributed by atoms with Gasteiger partial charge in [-0.25, -0.2) is 0 Å². The first kappa shape index (κ1) is 13.2. The molecule has 84 valence electrons. The van der Waals surface area contributed by atoms with Gasteiger partial charge in [-0.3, -0.25) is 4.79 Å². The molecular formula is C7H13F3N2O2. The van der Waals surface area contributed by atoms with E-state index in [2.05, 4.69) is 5.32 Å². The summed E-state index contributed by atoms with van der Waals surface area (Å²) in [6.45, 7) is -1.10. The van der Waals surface area contributed by atoms with Crippen molar-refractivity contribution in [1.82, 2.24) is 10.6 Å². The Morgan fingerprint density at radius 2 is 2.00 bits per heavy atom. The molecule has 7 heteroatoms. The van der Waals surface area contributed by atoms with Crippen LogP contribution < -0.4 is 10.6 Å². The number of rotatable bonds is 6. The molecule has 0 aliphatic rings. The van der Waals surface area contributed by atoms with E-state index < -0.39 is 18.6 Å². The molecule has 3 N–H and O–H groups in total. The lowest BCUT2D eigenvalue weighted by Gasteiger charge is -2.08. The van der Waals surface area contributed by atoms with E-state index in [0.717, 1.165) is 0 Å². The van der Waals surface area contributed by atoms with Gasteiger partial charge < -0.3 is 15.7 Å². The molecule has 0 heterocycles. The molecule has 0 radical (unpaired) electrons. The van der Waals surface area contributed by atoms with Crippen LogP contribution in [-0.4, -0.2) is 43.4 Å². The molecular weight excluding hydrogens is 201 g/mol. The zero-order valence-electron chi connectivity index (χ0n) is 7.52. The van der Waals surface area contributed by atoms with E-state index in [1.165, 1.54) is 0 Å². The van der Waals surface area contributed by atoms with Gasteiger partial charge in [-0.1, -0.05) is 0 Å². The summed E-state index contributed by atoms with van der Waals surface area (Å²) in [5.41, 5.74) is 0. The second kappa shape index (κ2) is 6.61. The van der Waals surface area contributed by atoms with E-state index >= 15 is 0 Å². The zero-order chi connectivity index (χ0) is 11.0. The molecule has 0 aromatic heterocycles. The topological polar surface area (TPSA) is 61.4 Å². The number of aliphatic hydroxyl groups excluding tert-OH is 1. The van der Waals surface area contributed by atoms with Crippen LogP contribution >= 0.6 is 0 Å². The molecule has 0 aliphatic carbocycles. The van der Waals surface area contributed by atoms with Crippen LogP contribution in [0.5, 0.6) is 0 Å². The maximum Gasteiger partial charge on any atom is 0.405 e. The number of nitrogens with one attached hydrogen (secondary N) is 2. The molecule has 0 unspecified atom stereocenters. The molecule has 0 aromatic carbocycles. The quantitative estimate of drug-likeness (QED) is 0.529. The van der Waals surface area contributed by atoms with Crippen molar-refractivity contribution in [3.8, 4) is 0 Å². The Hall–Kier alpha value is -0.820. The normalized spacial score (nSPS) is 11.4. The molecule has 0 aliphatic heterocycles. The van der Waals surface area contributed by atoms with E-state index in [4.69, 9.17) is 5.11 Å². The summed E-state index contributed by atoms with van der Waals surface area (Å²) in [5, 5.41) is 12.6. The van der Waals surface area contributed by atoms with Gasteiger partial charge in [0.1, 0.15) is 6.54 Å². The van der Waals surface area contributed by atoms with Crippen molar-refractivity contribution >= 4 is 5.91 Å². The summed E-state index contributed by atoms with van der Waals surface area (Å²) in [5.74, 6) is -0.708. The molecule has 0 rings (SSSR count). The van der Waals surface area contributed by atoms with Crippen molar-refractivity contribution in [2.45, 2.75) is 12.6 Å². The second-order valence-electron chi connectivity index (χ2n) is 2.65. The summed E-state index contributed by atoms with van der Waals surface area (Å²) in [6, 6.07) is 0. The number of aliphatic hydroxyl groups is 1. The molecule has 0 saturated carbocycles. The predicted molar refractivity (Wildman–Crippen MR) is 43.6 cm³/mol. The number of alkyl halides is 3. The van der Waals surface area contributed by atoms with Crippen LogP contribution in [-0.2, 0) is 4.79 Å². The monoisotopic (exact) mass is 214 g/mol. The van der Waals surface area contributed by atoms with Crippen LogP contribution in [0.15, 0.2) is 0 Å². The highest BCUT2D eigenvalue weighted by atomic mass is 19.4. The summed E-state index contributed by atoms with van der Waals surface area (Å²) in [7, 11) is 0. The lowest BCUT2D eigenvalue weighted by Crippen LogP contribution is -2.39. The Morgan fingerprint density at radius 3 is 2.50 bits per heavy atom. The molecule has 0 aromatic rings. The van der Waals surface area contributed by atoms with Crippen LogP contribution in [0.3, 0.4) is 0 Å². The smallest absolute Gasteiger partial charge is 0.396 e. The SMILES string of the molecule is O=C(CNCCCO)NCC(F)(F)F. The van der Waals surface area contributed by atoms with Crippen molar-refractivity contribution in [2.24, 2.45) is 0 Å². The van der Waals surface area contributed by atoms with E-state index in [1.54, 1.807) is 5.32 Å². The van der Waals surface area contributed by atoms with Gasteiger partial charge in [-0.05, 0) is 13.0 Å². The van der Waals surface area contributed by atoms with Gasteiger partial charge in [0, 0.05) is 6.61 Å². The summed E-state index contributed by atoms with van der Waals surface area (Å²) in [4.78, 5) is 10.7. The highest BCUT2D eigenvalue weighted by molar-refractivity contribution is 5.77. The highest BCUT2D eigenvalue weighted by Crippen LogP contribution is 2.11. The van der Waals surface area contributed by atoms with Gasteiger partial charge in [0.05, 0.1) is 6.54 Å². The van der Waals surface area contributed by atoms with Crippen LogP contribution in [0.4, 0.5) is 13.2 Å². The first-order valence-electron chi connectivity index (χ1n) is 4.11. The minimum Gasteiger partial charge on any atom is -0.396 e. The largest absolute Gasteiger partial charge is 0.405 e. The maximum absolute atomic E-state index is 11.6. The zero-order valence-corrected chi connectivity index (χ0v) is 7.52. The van der Waals surface area contributed by atoms with E-state index in [-0.39, 0.29) is 13.2 Å². The highest BCUT2D eigenvalue weighted by Gasteiger charge is 2.27. The van der Waals surface area contributed by atoms with Gasteiger partial charge in [0.15, 0.2) is 0 Å². The molecule has 0 fully saturated rings. The minimum absolute atomic E-state index is 0.0167. The van der Waals surface area contributed by atoms with Crippen LogP contribution in [0, 0.1) is 0 Å². The number of carbonyl (C=O) groups is 1. The van der Waals surface area contributed by atoms with Crippen molar-refractivity contribution < 1.29 is 23.1 Å². The molecule has 0 atom stereocenters.